The van der Waals surface area contributed by atoms with E-state index < -0.39 is 0 Å². The van der Waals surface area contributed by atoms with Gasteiger partial charge in [0, 0.05) is 30.1 Å². The summed E-state index contributed by atoms with van der Waals surface area (Å²) in [5.74, 6) is 0.877. The lowest BCUT2D eigenvalue weighted by atomic mass is 10.1. The molecule has 0 saturated carbocycles. The third-order valence-corrected chi connectivity index (χ3v) is 4.85. The van der Waals surface area contributed by atoms with Crippen molar-refractivity contribution >= 4 is 16.9 Å². The summed E-state index contributed by atoms with van der Waals surface area (Å²) in [5, 5.41) is 3.89. The Kier molecular flexibility index (Phi) is 6.71. The van der Waals surface area contributed by atoms with E-state index in [4.69, 9.17) is 9.15 Å². The third-order valence-electron chi connectivity index (χ3n) is 4.85. The van der Waals surface area contributed by atoms with Crippen LogP contribution in [0.15, 0.2) is 59.0 Å². The highest BCUT2D eigenvalue weighted by Gasteiger charge is 2.21. The Bertz CT molecular complexity index is 903. The van der Waals surface area contributed by atoms with E-state index in [2.05, 4.69) is 31.0 Å². The smallest absolute Gasteiger partial charge is 0.287 e. The second kappa shape index (κ2) is 9.42. The number of carbonyl (C=O) groups excluding carboxylic acids is 1. The van der Waals surface area contributed by atoms with Crippen molar-refractivity contribution in [2.45, 2.75) is 33.4 Å². The van der Waals surface area contributed by atoms with Crippen LogP contribution in [0.2, 0.25) is 0 Å². The summed E-state index contributed by atoms with van der Waals surface area (Å²) < 4.78 is 11.8. The van der Waals surface area contributed by atoms with Crippen LogP contribution in [0.1, 0.15) is 36.9 Å². The van der Waals surface area contributed by atoms with Gasteiger partial charge in [-0.15, -0.1) is 0 Å². The van der Waals surface area contributed by atoms with E-state index in [-0.39, 0.29) is 12.5 Å². The molecule has 3 aromatic rings. The predicted molar refractivity (Wildman–Crippen MR) is 112 cm³/mol. The van der Waals surface area contributed by atoms with Crippen molar-refractivity contribution in [1.29, 1.82) is 0 Å². The van der Waals surface area contributed by atoms with Gasteiger partial charge in [-0.05, 0) is 38.6 Å². The Morgan fingerprint density at radius 3 is 2.54 bits per heavy atom. The summed E-state index contributed by atoms with van der Waals surface area (Å²) in [6.45, 7) is 9.04. The van der Waals surface area contributed by atoms with Crippen LogP contribution in [-0.4, -0.2) is 36.5 Å². The van der Waals surface area contributed by atoms with Crippen LogP contribution in [0.5, 0.6) is 5.75 Å². The van der Waals surface area contributed by atoms with Gasteiger partial charge in [0.2, 0.25) is 0 Å². The summed E-state index contributed by atoms with van der Waals surface area (Å²) in [4.78, 5) is 15.1. The molecule has 2 aromatic carbocycles. The maximum atomic E-state index is 12.8. The highest BCUT2D eigenvalue weighted by atomic mass is 16.5. The van der Waals surface area contributed by atoms with Crippen LogP contribution in [-0.2, 0) is 6.61 Å². The maximum absolute atomic E-state index is 12.8. The lowest BCUT2D eigenvalue weighted by molar-refractivity contribution is 0.0917. The first-order valence-corrected chi connectivity index (χ1v) is 9.80. The Labute approximate surface area is 166 Å². The Morgan fingerprint density at radius 2 is 1.82 bits per heavy atom. The van der Waals surface area contributed by atoms with E-state index in [9.17, 15) is 4.79 Å². The van der Waals surface area contributed by atoms with Crippen molar-refractivity contribution in [3.63, 3.8) is 0 Å². The van der Waals surface area contributed by atoms with Crippen molar-refractivity contribution in [2.75, 3.05) is 19.6 Å². The number of furan rings is 1. The van der Waals surface area contributed by atoms with Crippen molar-refractivity contribution < 1.29 is 13.9 Å². The monoisotopic (exact) mass is 380 g/mol. The van der Waals surface area contributed by atoms with Crippen LogP contribution in [0, 0.1) is 0 Å². The first-order valence-electron chi connectivity index (χ1n) is 9.80. The summed E-state index contributed by atoms with van der Waals surface area (Å²) >= 11 is 0. The molecule has 3 rings (SSSR count). The molecule has 0 aliphatic carbocycles. The number of nitrogens with one attached hydrogen (secondary N) is 1. The van der Waals surface area contributed by atoms with Crippen LogP contribution >= 0.6 is 0 Å². The lowest BCUT2D eigenvalue weighted by Gasteiger charge is -2.24. The molecule has 1 amide bonds. The molecule has 0 aliphatic heterocycles. The van der Waals surface area contributed by atoms with E-state index in [1.54, 1.807) is 0 Å². The molecule has 1 heterocycles. The van der Waals surface area contributed by atoms with E-state index in [0.29, 0.717) is 23.9 Å². The summed E-state index contributed by atoms with van der Waals surface area (Å²) in [6.07, 6.45) is 0. The van der Waals surface area contributed by atoms with E-state index >= 15 is 0 Å². The number of likely N-dealkylation sites (N-methyl/N-ethyl adjacent to an activating group) is 1. The number of hydrogen-bond donors (Lipinski definition) is 1. The molecule has 1 N–H and O–H groups in total. The Balaban J connectivity index is 1.75. The number of amides is 1. The van der Waals surface area contributed by atoms with E-state index in [1.165, 1.54) is 0 Å². The quantitative estimate of drug-likeness (QED) is 0.595. The minimum atomic E-state index is -0.206. The largest absolute Gasteiger partial charge is 0.489 e. The van der Waals surface area contributed by atoms with Gasteiger partial charge >= 0.3 is 0 Å². The van der Waals surface area contributed by atoms with Gasteiger partial charge in [-0.2, -0.15) is 0 Å². The molecule has 5 nitrogen and oxygen atoms in total. The number of benzene rings is 2. The number of hydrogen-bond acceptors (Lipinski definition) is 4. The van der Waals surface area contributed by atoms with Gasteiger partial charge in [0.25, 0.3) is 5.91 Å². The number of nitrogens with zero attached hydrogens (tertiary/aromatic N) is 1. The molecule has 5 heteroatoms. The molecule has 0 unspecified atom stereocenters. The number of rotatable bonds is 9. The fraction of sp³-hybridized carbons (Fsp3) is 0.348. The standard InChI is InChI=1S/C23H28N2O3/c1-4-25(17(2)3)15-14-24-23(26)22-20(16-27-18-10-6-5-7-11-18)19-12-8-9-13-21(19)28-22/h5-13,17H,4,14-16H2,1-3H3,(H,24,26). The van der Waals surface area contributed by atoms with E-state index in [1.807, 2.05) is 54.6 Å². The highest BCUT2D eigenvalue weighted by Crippen LogP contribution is 2.27. The second-order valence-corrected chi connectivity index (χ2v) is 6.99. The van der Waals surface area contributed by atoms with Gasteiger partial charge in [-0.3, -0.25) is 9.69 Å². The fourth-order valence-corrected chi connectivity index (χ4v) is 3.27. The average molecular weight is 380 g/mol. The molecule has 28 heavy (non-hydrogen) atoms. The minimum absolute atomic E-state index is 0.206. The van der Waals surface area contributed by atoms with Gasteiger partial charge in [-0.25, -0.2) is 0 Å². The molecule has 0 bridgehead atoms. The topological polar surface area (TPSA) is 54.7 Å². The van der Waals surface area contributed by atoms with Crippen molar-refractivity contribution in [3.8, 4) is 5.75 Å². The molecule has 0 radical (unpaired) electrons. The summed E-state index contributed by atoms with van der Waals surface area (Å²) in [6, 6.07) is 17.7. The van der Waals surface area contributed by atoms with Crippen molar-refractivity contribution in [3.05, 3.63) is 65.9 Å². The van der Waals surface area contributed by atoms with Crippen LogP contribution in [0.3, 0.4) is 0 Å². The second-order valence-electron chi connectivity index (χ2n) is 6.99. The molecule has 148 valence electrons. The summed E-state index contributed by atoms with van der Waals surface area (Å²) in [5.41, 5.74) is 1.46. The van der Waals surface area contributed by atoms with Gasteiger partial charge in [0.05, 0.1) is 0 Å². The van der Waals surface area contributed by atoms with Crippen molar-refractivity contribution in [2.24, 2.45) is 0 Å². The van der Waals surface area contributed by atoms with Gasteiger partial charge < -0.3 is 14.5 Å². The third kappa shape index (κ3) is 4.73. The Hall–Kier alpha value is -2.79. The molecule has 0 spiro atoms. The molecular weight excluding hydrogens is 352 g/mol. The minimum Gasteiger partial charge on any atom is -0.489 e. The van der Waals surface area contributed by atoms with Gasteiger partial charge in [0.1, 0.15) is 17.9 Å². The number of ether oxygens (including phenoxy) is 1. The normalized spacial score (nSPS) is 11.3. The van der Waals surface area contributed by atoms with Crippen LogP contribution in [0.4, 0.5) is 0 Å². The number of carbonyl (C=O) groups is 1. The maximum Gasteiger partial charge on any atom is 0.287 e. The number of fused-ring (bicyclic) bond motifs is 1. The van der Waals surface area contributed by atoms with Crippen molar-refractivity contribution in [1.82, 2.24) is 10.2 Å². The molecule has 0 fully saturated rings. The van der Waals surface area contributed by atoms with E-state index in [0.717, 1.165) is 29.8 Å². The van der Waals surface area contributed by atoms with Crippen LogP contribution in [0.25, 0.3) is 11.0 Å². The zero-order chi connectivity index (χ0) is 19.9. The zero-order valence-electron chi connectivity index (χ0n) is 16.8. The summed E-state index contributed by atoms with van der Waals surface area (Å²) in [7, 11) is 0. The van der Waals surface area contributed by atoms with Crippen LogP contribution < -0.4 is 10.1 Å². The first-order chi connectivity index (χ1) is 13.6. The SMILES string of the molecule is CCN(CCNC(=O)c1oc2ccccc2c1COc1ccccc1)C(C)C. The molecule has 0 atom stereocenters. The molecular formula is C23H28N2O3. The predicted octanol–water partition coefficient (Wildman–Crippen LogP) is 4.47. The van der Waals surface area contributed by atoms with Gasteiger partial charge in [-0.1, -0.05) is 43.3 Å². The Morgan fingerprint density at radius 1 is 1.11 bits per heavy atom. The molecule has 0 saturated heterocycles. The fourth-order valence-electron chi connectivity index (χ4n) is 3.27. The first kappa shape index (κ1) is 20.0. The highest BCUT2D eigenvalue weighted by molar-refractivity contribution is 5.99. The molecule has 0 aliphatic rings. The molecule has 1 aromatic heterocycles. The zero-order valence-corrected chi connectivity index (χ0v) is 16.8. The van der Waals surface area contributed by atoms with Gasteiger partial charge in [0.15, 0.2) is 5.76 Å². The number of para-hydroxylation sites is 2. The lowest BCUT2D eigenvalue weighted by Crippen LogP contribution is -2.38. The average Bonchev–Trinajstić information content (AvgIpc) is 3.09.